The van der Waals surface area contributed by atoms with Crippen LogP contribution >= 0.6 is 11.3 Å². The van der Waals surface area contributed by atoms with Gasteiger partial charge in [-0.1, -0.05) is 0 Å². The third-order valence-corrected chi connectivity index (χ3v) is 3.66. The largest absolute Gasteiger partial charge is 0.309 e. The number of rotatable bonds is 4. The van der Waals surface area contributed by atoms with Gasteiger partial charge in [0.05, 0.1) is 11.9 Å². The molecule has 1 aliphatic rings. The van der Waals surface area contributed by atoms with Crippen molar-refractivity contribution in [3.05, 3.63) is 35.2 Å². The molecule has 0 radical (unpaired) electrons. The summed E-state index contributed by atoms with van der Waals surface area (Å²) in [5, 5.41) is 4.28. The molecule has 0 unspecified atom stereocenters. The first-order valence-electron chi connectivity index (χ1n) is 5.61. The van der Waals surface area contributed by atoms with Gasteiger partial charge in [-0.3, -0.25) is 4.98 Å². The van der Waals surface area contributed by atoms with Gasteiger partial charge in [-0.15, -0.1) is 11.3 Å². The smallest absolute Gasteiger partial charge is 0.142 e. The van der Waals surface area contributed by atoms with Gasteiger partial charge in [0.15, 0.2) is 0 Å². The molecule has 0 atom stereocenters. The first kappa shape index (κ1) is 10.8. The molecule has 0 aliphatic heterocycles. The summed E-state index contributed by atoms with van der Waals surface area (Å²) < 4.78 is 12.7. The molecule has 5 heteroatoms. The van der Waals surface area contributed by atoms with Crippen molar-refractivity contribution >= 4 is 11.3 Å². The highest BCUT2D eigenvalue weighted by molar-refractivity contribution is 7.14. The minimum absolute atomic E-state index is 0.319. The third kappa shape index (κ3) is 2.68. The Bertz CT molecular complexity index is 505. The minimum Gasteiger partial charge on any atom is -0.309 e. The fourth-order valence-electron chi connectivity index (χ4n) is 1.54. The highest BCUT2D eigenvalue weighted by atomic mass is 32.1. The van der Waals surface area contributed by atoms with Crippen LogP contribution in [0.2, 0.25) is 0 Å². The zero-order valence-electron chi connectivity index (χ0n) is 9.19. The number of thiazole rings is 1. The van der Waals surface area contributed by atoms with Crippen LogP contribution < -0.4 is 5.32 Å². The first-order valence-corrected chi connectivity index (χ1v) is 6.43. The van der Waals surface area contributed by atoms with E-state index in [1.165, 1.54) is 30.0 Å². The lowest BCUT2D eigenvalue weighted by atomic mass is 10.3. The van der Waals surface area contributed by atoms with E-state index in [-0.39, 0.29) is 5.82 Å². The molecule has 0 bridgehead atoms. The zero-order valence-corrected chi connectivity index (χ0v) is 10.0. The monoisotopic (exact) mass is 249 g/mol. The van der Waals surface area contributed by atoms with Crippen LogP contribution in [0.5, 0.6) is 0 Å². The fraction of sp³-hybridized carbons (Fsp3) is 0.333. The highest BCUT2D eigenvalue weighted by Crippen LogP contribution is 2.25. The lowest BCUT2D eigenvalue weighted by Gasteiger charge is -1.97. The molecule has 0 saturated heterocycles. The minimum atomic E-state index is -0.319. The molecule has 2 aromatic heterocycles. The van der Waals surface area contributed by atoms with Gasteiger partial charge in [0.25, 0.3) is 0 Å². The Labute approximate surface area is 103 Å². The Morgan fingerprint density at radius 3 is 2.88 bits per heavy atom. The van der Waals surface area contributed by atoms with Crippen LogP contribution in [0.1, 0.15) is 17.7 Å². The highest BCUT2D eigenvalue weighted by Gasteiger charge is 2.20. The molecular weight excluding hydrogens is 237 g/mol. The topological polar surface area (TPSA) is 37.8 Å². The number of hydrogen-bond acceptors (Lipinski definition) is 4. The predicted octanol–water partition coefficient (Wildman–Crippen LogP) is 2.60. The van der Waals surface area contributed by atoms with E-state index in [1.54, 1.807) is 17.4 Å². The molecule has 3 nitrogen and oxygen atoms in total. The van der Waals surface area contributed by atoms with E-state index >= 15 is 0 Å². The van der Waals surface area contributed by atoms with E-state index in [0.29, 0.717) is 6.04 Å². The maximum absolute atomic E-state index is 12.7. The summed E-state index contributed by atoms with van der Waals surface area (Å²) in [5.74, 6) is -0.319. The quantitative estimate of drug-likeness (QED) is 0.905. The van der Waals surface area contributed by atoms with Crippen molar-refractivity contribution in [2.24, 2.45) is 0 Å². The standard InChI is InChI=1S/C12H12FN3S/c13-8-1-4-11(15-5-8)12-16-7-10(17-12)6-14-9-2-3-9/h1,4-5,7,9,14H,2-3,6H2. The van der Waals surface area contributed by atoms with Crippen molar-refractivity contribution < 1.29 is 4.39 Å². The van der Waals surface area contributed by atoms with Crippen molar-refractivity contribution in [1.82, 2.24) is 15.3 Å². The molecule has 2 aromatic rings. The van der Waals surface area contributed by atoms with Crippen molar-refractivity contribution in [3.8, 4) is 10.7 Å². The fourth-order valence-corrected chi connectivity index (χ4v) is 2.38. The molecule has 1 N–H and O–H groups in total. The molecule has 1 saturated carbocycles. The molecule has 0 aromatic carbocycles. The van der Waals surface area contributed by atoms with E-state index in [9.17, 15) is 4.39 Å². The second-order valence-corrected chi connectivity index (χ2v) is 5.26. The van der Waals surface area contributed by atoms with Crippen molar-refractivity contribution in [2.45, 2.75) is 25.4 Å². The van der Waals surface area contributed by atoms with Gasteiger partial charge >= 0.3 is 0 Å². The van der Waals surface area contributed by atoms with Crippen molar-refractivity contribution in [3.63, 3.8) is 0 Å². The number of pyridine rings is 1. The Balaban J connectivity index is 1.72. The van der Waals surface area contributed by atoms with Crippen molar-refractivity contribution in [1.29, 1.82) is 0 Å². The molecule has 0 spiro atoms. The SMILES string of the molecule is Fc1ccc(-c2ncc(CNC3CC3)s2)nc1. The zero-order chi connectivity index (χ0) is 11.7. The van der Waals surface area contributed by atoms with Gasteiger partial charge < -0.3 is 5.32 Å². The Morgan fingerprint density at radius 2 is 2.18 bits per heavy atom. The average Bonchev–Trinajstić information content (AvgIpc) is 3.06. The molecule has 1 aliphatic carbocycles. The van der Waals surface area contributed by atoms with Gasteiger partial charge in [0, 0.05) is 23.7 Å². The summed E-state index contributed by atoms with van der Waals surface area (Å²) in [4.78, 5) is 9.52. The molecule has 0 amide bonds. The van der Waals surface area contributed by atoms with Gasteiger partial charge in [-0.2, -0.15) is 0 Å². The molecule has 2 heterocycles. The second-order valence-electron chi connectivity index (χ2n) is 4.15. The van der Waals surface area contributed by atoms with E-state index in [2.05, 4.69) is 15.3 Å². The number of aromatic nitrogens is 2. The Kier molecular flexibility index (Phi) is 2.86. The van der Waals surface area contributed by atoms with Gasteiger partial charge in [0.1, 0.15) is 10.8 Å². The number of nitrogens with zero attached hydrogens (tertiary/aromatic N) is 2. The summed E-state index contributed by atoms with van der Waals surface area (Å²) in [6.07, 6.45) is 5.65. The van der Waals surface area contributed by atoms with E-state index in [0.717, 1.165) is 17.2 Å². The number of nitrogens with one attached hydrogen (secondary N) is 1. The molecule has 17 heavy (non-hydrogen) atoms. The normalized spacial score (nSPS) is 15.1. The summed E-state index contributed by atoms with van der Waals surface area (Å²) in [6.45, 7) is 0.865. The van der Waals surface area contributed by atoms with Crippen LogP contribution in [0, 0.1) is 5.82 Å². The summed E-state index contributed by atoms with van der Waals surface area (Å²) in [7, 11) is 0. The maximum atomic E-state index is 12.7. The number of halogens is 1. The van der Waals surface area contributed by atoms with Crippen LogP contribution in [-0.2, 0) is 6.54 Å². The first-order chi connectivity index (χ1) is 8.31. The van der Waals surface area contributed by atoms with Crippen LogP contribution in [0.4, 0.5) is 4.39 Å². The van der Waals surface area contributed by atoms with Crippen LogP contribution in [0.25, 0.3) is 10.7 Å². The molecule has 88 valence electrons. The Morgan fingerprint density at radius 1 is 1.29 bits per heavy atom. The van der Waals surface area contributed by atoms with Crippen molar-refractivity contribution in [2.75, 3.05) is 0 Å². The maximum Gasteiger partial charge on any atom is 0.142 e. The van der Waals surface area contributed by atoms with Gasteiger partial charge in [-0.25, -0.2) is 9.37 Å². The molecule has 3 rings (SSSR count). The lowest BCUT2D eigenvalue weighted by molar-refractivity contribution is 0.622. The van der Waals surface area contributed by atoms with Gasteiger partial charge in [-0.05, 0) is 25.0 Å². The van der Waals surface area contributed by atoms with Crippen LogP contribution in [0.15, 0.2) is 24.5 Å². The third-order valence-electron chi connectivity index (χ3n) is 2.64. The van der Waals surface area contributed by atoms with E-state index in [1.807, 2.05) is 6.20 Å². The molecular formula is C12H12FN3S. The lowest BCUT2D eigenvalue weighted by Crippen LogP contribution is -2.14. The molecule has 1 fully saturated rings. The predicted molar refractivity (Wildman–Crippen MR) is 65.2 cm³/mol. The van der Waals surface area contributed by atoms with E-state index < -0.39 is 0 Å². The summed E-state index contributed by atoms with van der Waals surface area (Å²) in [6, 6.07) is 3.77. The van der Waals surface area contributed by atoms with Gasteiger partial charge in [0.2, 0.25) is 0 Å². The van der Waals surface area contributed by atoms with E-state index in [4.69, 9.17) is 0 Å². The second kappa shape index (κ2) is 4.50. The van der Waals surface area contributed by atoms with Crippen LogP contribution in [-0.4, -0.2) is 16.0 Å². The Hall–Kier alpha value is -1.33. The average molecular weight is 249 g/mol. The summed E-state index contributed by atoms with van der Waals surface area (Å²) >= 11 is 1.60. The van der Waals surface area contributed by atoms with Crippen LogP contribution in [0.3, 0.4) is 0 Å². The number of hydrogen-bond donors (Lipinski definition) is 1. The summed E-state index contributed by atoms with van der Waals surface area (Å²) in [5.41, 5.74) is 0.731.